The fourth-order valence-electron chi connectivity index (χ4n) is 4.66. The van der Waals surface area contributed by atoms with Crippen molar-refractivity contribution in [2.45, 2.75) is 70.6 Å². The lowest BCUT2D eigenvalue weighted by atomic mass is 9.87. The van der Waals surface area contributed by atoms with Crippen molar-refractivity contribution in [1.82, 2.24) is 30.6 Å². The molecule has 0 fully saturated rings. The van der Waals surface area contributed by atoms with Gasteiger partial charge in [-0.1, -0.05) is 0 Å². The lowest BCUT2D eigenvalue weighted by molar-refractivity contribution is -0.139. The molecule has 14 heteroatoms. The Morgan fingerprint density at radius 2 is 1.71 bits per heavy atom. The van der Waals surface area contributed by atoms with Gasteiger partial charge in [-0.3, -0.25) is 9.59 Å². The molecule has 41 heavy (non-hydrogen) atoms. The van der Waals surface area contributed by atoms with Crippen LogP contribution in [0.2, 0.25) is 0 Å². The molecule has 0 aliphatic carbocycles. The number of rotatable bonds is 12. The summed E-state index contributed by atoms with van der Waals surface area (Å²) >= 11 is 0. The number of aromatic nitrogens is 4. The highest BCUT2D eigenvalue weighted by Gasteiger charge is 2.28. The number of carboxylic acids is 1. The first kappa shape index (κ1) is 30.9. The minimum atomic E-state index is -1.23. The molecule has 3 rings (SSSR count). The third kappa shape index (κ3) is 8.96. The van der Waals surface area contributed by atoms with Crippen LogP contribution in [0.1, 0.15) is 63.0 Å². The van der Waals surface area contributed by atoms with Crippen molar-refractivity contribution in [3.8, 4) is 0 Å². The Bertz CT molecular complexity index is 1420. The van der Waals surface area contributed by atoms with Gasteiger partial charge in [0, 0.05) is 35.8 Å². The summed E-state index contributed by atoms with van der Waals surface area (Å²) in [6.07, 6.45) is 1.96. The minimum absolute atomic E-state index is 0.0185. The van der Waals surface area contributed by atoms with Gasteiger partial charge in [0.05, 0.1) is 18.4 Å². The number of carboxylic acid groups (broad SMARTS) is 1. The van der Waals surface area contributed by atoms with Crippen LogP contribution < -0.4 is 32.7 Å². The van der Waals surface area contributed by atoms with E-state index in [0.29, 0.717) is 29.8 Å². The molecule has 0 bridgehead atoms. The third-order valence-electron chi connectivity index (χ3n) is 6.11. The quantitative estimate of drug-likeness (QED) is 0.182. The summed E-state index contributed by atoms with van der Waals surface area (Å²) in [5.74, 6) is -1.95. The van der Waals surface area contributed by atoms with Crippen LogP contribution in [0.3, 0.4) is 0 Å². The molecule has 0 aliphatic rings. The van der Waals surface area contributed by atoms with Crippen LogP contribution in [0.4, 0.5) is 17.5 Å². The molecule has 220 valence electrons. The van der Waals surface area contributed by atoms with Crippen molar-refractivity contribution in [2.75, 3.05) is 23.4 Å². The van der Waals surface area contributed by atoms with E-state index in [2.05, 4.69) is 30.6 Å². The number of hydrogen-bond donors (Lipinski definition) is 6. The third-order valence-corrected chi connectivity index (χ3v) is 6.11. The number of nitrogens with one attached hydrogen (secondary N) is 2. The topological polar surface area (TPSA) is 228 Å². The van der Waals surface area contributed by atoms with Crippen molar-refractivity contribution in [2.24, 2.45) is 5.73 Å². The van der Waals surface area contributed by atoms with E-state index in [0.717, 1.165) is 5.69 Å². The fraction of sp³-hybridized carbons (Fsp3) is 0.444. The number of aliphatic carboxylic acids is 1. The van der Waals surface area contributed by atoms with Crippen LogP contribution in [-0.4, -0.2) is 67.0 Å². The van der Waals surface area contributed by atoms with Crippen LogP contribution in [-0.2, 0) is 16.1 Å². The van der Waals surface area contributed by atoms with Crippen molar-refractivity contribution in [3.05, 3.63) is 41.7 Å². The van der Waals surface area contributed by atoms with Gasteiger partial charge in [-0.25, -0.2) is 14.8 Å². The number of amides is 2. The van der Waals surface area contributed by atoms with Crippen LogP contribution in [0.5, 0.6) is 0 Å². The molecule has 1 aromatic carbocycles. The summed E-state index contributed by atoms with van der Waals surface area (Å²) in [5, 5.41) is 15.0. The molecule has 0 unspecified atom stereocenters. The molecule has 0 radical (unpaired) electrons. The number of carbonyl (C=O) groups is 3. The molecule has 0 saturated carbocycles. The fourth-order valence-corrected chi connectivity index (χ4v) is 4.66. The van der Waals surface area contributed by atoms with Crippen LogP contribution in [0.25, 0.3) is 11.2 Å². The van der Waals surface area contributed by atoms with Gasteiger partial charge in [0.2, 0.25) is 11.9 Å². The molecule has 3 aromatic rings. The number of nitrogens with zero attached hydrogens (tertiary/aromatic N) is 5. The number of nitrogens with two attached hydrogens (primary N) is 3. The smallest absolute Gasteiger partial charge is 0.326 e. The Kier molecular flexibility index (Phi) is 9.28. The Morgan fingerprint density at radius 3 is 2.32 bits per heavy atom. The first-order valence-corrected chi connectivity index (χ1v) is 13.0. The van der Waals surface area contributed by atoms with E-state index in [1.807, 2.05) is 39.6 Å². The van der Waals surface area contributed by atoms with E-state index >= 15 is 0 Å². The largest absolute Gasteiger partial charge is 0.480 e. The molecule has 2 heterocycles. The predicted molar refractivity (Wildman–Crippen MR) is 156 cm³/mol. The Balaban J connectivity index is 1.58. The molecular weight excluding hydrogens is 528 g/mol. The second-order valence-electron chi connectivity index (χ2n) is 11.4. The molecule has 9 N–H and O–H groups in total. The average Bonchev–Trinajstić information content (AvgIpc) is 2.84. The standard InChI is InChI=1S/C27H38N10O4/c1-26(2,30)14-27(3,4)36-19(38)11-10-18(24(40)41)33-23(39)15-6-8-17(9-7-15)37(5)13-16-12-31-22-20(32-16)21(28)34-25(29)35-22/h6-9,12,18H,10-11,13-14,30H2,1-5H3,(H,33,39)(H,36,38)(H,40,41)(H4,28,29,31,34,35)/t18-/m0/s1. The van der Waals surface area contributed by atoms with E-state index in [9.17, 15) is 19.5 Å². The van der Waals surface area contributed by atoms with E-state index in [1.165, 1.54) is 0 Å². The maximum absolute atomic E-state index is 12.8. The lowest BCUT2D eigenvalue weighted by Gasteiger charge is -2.33. The summed E-state index contributed by atoms with van der Waals surface area (Å²) in [6, 6.07) is 5.40. The number of hydrogen-bond acceptors (Lipinski definition) is 11. The van der Waals surface area contributed by atoms with Gasteiger partial charge in [0.15, 0.2) is 17.0 Å². The molecule has 1 atom stereocenters. The van der Waals surface area contributed by atoms with Gasteiger partial charge in [-0.2, -0.15) is 9.97 Å². The summed E-state index contributed by atoms with van der Waals surface area (Å²) in [4.78, 5) is 55.6. The Labute approximate surface area is 238 Å². The van der Waals surface area contributed by atoms with E-state index in [4.69, 9.17) is 17.2 Å². The molecule has 0 saturated heterocycles. The van der Waals surface area contributed by atoms with Crippen LogP contribution in [0.15, 0.2) is 30.5 Å². The molecule has 0 spiro atoms. The average molecular weight is 567 g/mol. The Morgan fingerprint density at radius 1 is 1.05 bits per heavy atom. The molecule has 2 amide bonds. The zero-order valence-electron chi connectivity index (χ0n) is 23.9. The second kappa shape index (κ2) is 12.3. The number of benzene rings is 1. The highest BCUT2D eigenvalue weighted by Crippen LogP contribution is 2.20. The van der Waals surface area contributed by atoms with Crippen molar-refractivity contribution in [3.63, 3.8) is 0 Å². The normalized spacial score (nSPS) is 12.5. The molecular formula is C27H38N10O4. The van der Waals surface area contributed by atoms with Crippen molar-refractivity contribution >= 4 is 46.4 Å². The lowest BCUT2D eigenvalue weighted by Crippen LogP contribution is -2.51. The van der Waals surface area contributed by atoms with E-state index < -0.39 is 29.0 Å². The van der Waals surface area contributed by atoms with Gasteiger partial charge in [0.1, 0.15) is 6.04 Å². The summed E-state index contributed by atoms with van der Waals surface area (Å²) in [6.45, 7) is 7.82. The first-order chi connectivity index (χ1) is 19.0. The number of nitrogen functional groups attached to an aromatic ring is 2. The van der Waals surface area contributed by atoms with Gasteiger partial charge < -0.3 is 37.8 Å². The summed E-state index contributed by atoms with van der Waals surface area (Å²) < 4.78 is 0. The van der Waals surface area contributed by atoms with Gasteiger partial charge in [-0.15, -0.1) is 0 Å². The summed E-state index contributed by atoms with van der Waals surface area (Å²) in [7, 11) is 1.84. The predicted octanol–water partition coefficient (Wildman–Crippen LogP) is 1.21. The summed E-state index contributed by atoms with van der Waals surface area (Å²) in [5.41, 5.74) is 18.8. The minimum Gasteiger partial charge on any atom is -0.480 e. The van der Waals surface area contributed by atoms with Crippen LogP contribution in [0, 0.1) is 0 Å². The van der Waals surface area contributed by atoms with Gasteiger partial charge in [-0.05, 0) is 64.8 Å². The number of fused-ring (bicyclic) bond motifs is 1. The maximum Gasteiger partial charge on any atom is 0.326 e. The molecule has 2 aromatic heterocycles. The SMILES string of the molecule is CN(Cc1cnc2nc(N)nc(N)c2n1)c1ccc(C(=O)N[C@@H](CCC(=O)NC(C)(C)CC(C)(C)N)C(=O)O)cc1. The van der Waals surface area contributed by atoms with Crippen LogP contribution >= 0.6 is 0 Å². The van der Waals surface area contributed by atoms with E-state index in [1.54, 1.807) is 30.5 Å². The zero-order chi connectivity index (χ0) is 30.5. The number of anilines is 3. The van der Waals surface area contributed by atoms with Gasteiger partial charge in [0.25, 0.3) is 5.91 Å². The molecule has 14 nitrogen and oxygen atoms in total. The van der Waals surface area contributed by atoms with Crippen molar-refractivity contribution in [1.29, 1.82) is 0 Å². The molecule has 0 aliphatic heterocycles. The maximum atomic E-state index is 12.8. The van der Waals surface area contributed by atoms with E-state index in [-0.39, 0.29) is 36.1 Å². The first-order valence-electron chi connectivity index (χ1n) is 13.0. The zero-order valence-corrected chi connectivity index (χ0v) is 23.9. The second-order valence-corrected chi connectivity index (χ2v) is 11.4. The number of carbonyl (C=O) groups excluding carboxylic acids is 2. The van der Waals surface area contributed by atoms with Crippen molar-refractivity contribution < 1.29 is 19.5 Å². The van der Waals surface area contributed by atoms with Gasteiger partial charge >= 0.3 is 5.97 Å². The highest BCUT2D eigenvalue weighted by atomic mass is 16.4. The monoisotopic (exact) mass is 566 g/mol. The Hall–Kier alpha value is -4.59. The highest BCUT2D eigenvalue weighted by molar-refractivity contribution is 5.97.